The Labute approximate surface area is 185 Å². The first-order valence-corrected chi connectivity index (χ1v) is 11.2. The van der Waals surface area contributed by atoms with Crippen LogP contribution in [0.5, 0.6) is 5.75 Å². The summed E-state index contributed by atoms with van der Waals surface area (Å²) < 4.78 is 10.6. The van der Waals surface area contributed by atoms with Crippen LogP contribution in [0.3, 0.4) is 0 Å². The second-order valence-electron chi connectivity index (χ2n) is 8.18. The molecule has 1 unspecified atom stereocenters. The third kappa shape index (κ3) is 9.40. The normalized spacial score (nSPS) is 15.3. The van der Waals surface area contributed by atoms with Gasteiger partial charge in [-0.1, -0.05) is 42.9 Å². The van der Waals surface area contributed by atoms with Crippen molar-refractivity contribution in [2.75, 3.05) is 13.2 Å². The number of para-hydroxylation sites is 1. The predicted octanol–water partition coefficient (Wildman–Crippen LogP) is 4.77. The summed E-state index contributed by atoms with van der Waals surface area (Å²) in [6.07, 6.45) is 6.33. The number of carbonyl (C=O) groups excluding carboxylic acids is 2. The molecule has 0 aromatic heterocycles. The molecule has 1 aromatic carbocycles. The molecule has 0 bridgehead atoms. The Morgan fingerprint density at radius 3 is 2.61 bits per heavy atom. The van der Waals surface area contributed by atoms with Gasteiger partial charge in [-0.05, 0) is 51.7 Å². The lowest BCUT2D eigenvalue weighted by Gasteiger charge is -2.20. The first-order chi connectivity index (χ1) is 14.9. The predicted molar refractivity (Wildman–Crippen MR) is 121 cm³/mol. The molecule has 1 N–H and O–H groups in total. The first-order valence-electron chi connectivity index (χ1n) is 11.2. The summed E-state index contributed by atoms with van der Waals surface area (Å²) in [5, 5.41) is 10.5. The Morgan fingerprint density at radius 1 is 1.13 bits per heavy atom. The zero-order valence-electron chi connectivity index (χ0n) is 18.7. The van der Waals surface area contributed by atoms with Crippen molar-refractivity contribution < 1.29 is 24.2 Å². The number of ketones is 1. The smallest absolute Gasteiger partial charge is 0.305 e. The maximum Gasteiger partial charge on any atom is 0.305 e. The molecule has 1 aliphatic rings. The Kier molecular flexibility index (Phi) is 10.3. The van der Waals surface area contributed by atoms with Crippen LogP contribution in [0.15, 0.2) is 41.5 Å². The second kappa shape index (κ2) is 13.0. The third-order valence-electron chi connectivity index (χ3n) is 5.17. The molecule has 0 aliphatic heterocycles. The van der Waals surface area contributed by atoms with Crippen LogP contribution < -0.4 is 4.74 Å². The van der Waals surface area contributed by atoms with E-state index in [2.05, 4.69) is 11.8 Å². The molecular formula is C26H34O5. The average Bonchev–Trinajstić information content (AvgIpc) is 3.09. The molecule has 1 aliphatic carbocycles. The highest BCUT2D eigenvalue weighted by atomic mass is 16.5. The van der Waals surface area contributed by atoms with Crippen LogP contribution in [0, 0.1) is 11.8 Å². The van der Waals surface area contributed by atoms with Crippen LogP contribution in [-0.2, 0) is 14.3 Å². The van der Waals surface area contributed by atoms with Gasteiger partial charge in [0.2, 0.25) is 0 Å². The number of aliphatic hydroxyl groups is 1. The van der Waals surface area contributed by atoms with E-state index < -0.39 is 5.60 Å². The second-order valence-corrected chi connectivity index (χ2v) is 8.18. The number of hydrogen-bond acceptors (Lipinski definition) is 5. The molecule has 0 saturated carbocycles. The summed E-state index contributed by atoms with van der Waals surface area (Å²) in [6, 6.07) is 9.37. The summed E-state index contributed by atoms with van der Waals surface area (Å²) >= 11 is 0. The molecule has 2 rings (SSSR count). The Morgan fingerprint density at radius 2 is 1.87 bits per heavy atom. The highest BCUT2D eigenvalue weighted by Crippen LogP contribution is 2.27. The highest BCUT2D eigenvalue weighted by Gasteiger charge is 2.23. The van der Waals surface area contributed by atoms with E-state index in [1.165, 1.54) is 0 Å². The van der Waals surface area contributed by atoms with E-state index in [0.717, 1.165) is 43.3 Å². The molecule has 0 radical (unpaired) electrons. The topological polar surface area (TPSA) is 72.8 Å². The van der Waals surface area contributed by atoms with Gasteiger partial charge in [-0.2, -0.15) is 0 Å². The van der Waals surface area contributed by atoms with Gasteiger partial charge >= 0.3 is 5.97 Å². The minimum atomic E-state index is -1.06. The van der Waals surface area contributed by atoms with Crippen LogP contribution in [-0.4, -0.2) is 35.7 Å². The van der Waals surface area contributed by atoms with Gasteiger partial charge in [0.05, 0.1) is 6.61 Å². The molecule has 1 atom stereocenters. The fraction of sp³-hybridized carbons (Fsp3) is 0.538. The van der Waals surface area contributed by atoms with Gasteiger partial charge in [-0.25, -0.2) is 0 Å². The Balaban J connectivity index is 1.77. The van der Waals surface area contributed by atoms with Crippen molar-refractivity contribution in [3.8, 4) is 17.6 Å². The molecule has 5 nitrogen and oxygen atoms in total. The molecule has 5 heteroatoms. The molecule has 0 amide bonds. The monoisotopic (exact) mass is 426 g/mol. The number of hydrogen-bond donors (Lipinski definition) is 1. The van der Waals surface area contributed by atoms with E-state index in [1.807, 2.05) is 37.3 Å². The van der Waals surface area contributed by atoms with Crippen molar-refractivity contribution in [3.05, 3.63) is 41.5 Å². The quantitative estimate of drug-likeness (QED) is 0.296. The van der Waals surface area contributed by atoms with Crippen molar-refractivity contribution in [2.24, 2.45) is 0 Å². The Hall–Kier alpha value is -2.58. The van der Waals surface area contributed by atoms with Gasteiger partial charge in [0.1, 0.15) is 18.0 Å². The fourth-order valence-electron chi connectivity index (χ4n) is 3.44. The lowest BCUT2D eigenvalue weighted by Crippen LogP contribution is -2.31. The largest absolute Gasteiger partial charge is 0.491 e. The van der Waals surface area contributed by atoms with Gasteiger partial charge in [0, 0.05) is 30.4 Å². The first kappa shape index (κ1) is 24.7. The average molecular weight is 427 g/mol. The summed E-state index contributed by atoms with van der Waals surface area (Å²) in [6.45, 7) is 4.09. The molecule has 0 saturated heterocycles. The van der Waals surface area contributed by atoms with Crippen LogP contribution in [0.4, 0.5) is 0 Å². The molecule has 31 heavy (non-hydrogen) atoms. The van der Waals surface area contributed by atoms with Crippen molar-refractivity contribution in [2.45, 2.75) is 77.2 Å². The van der Waals surface area contributed by atoms with E-state index >= 15 is 0 Å². The van der Waals surface area contributed by atoms with Gasteiger partial charge < -0.3 is 14.6 Å². The molecule has 0 heterocycles. The molecule has 0 spiro atoms. The minimum Gasteiger partial charge on any atom is -0.491 e. The van der Waals surface area contributed by atoms with Crippen LogP contribution in [0.2, 0.25) is 0 Å². The fourth-order valence-corrected chi connectivity index (χ4v) is 3.44. The number of benzene rings is 1. The van der Waals surface area contributed by atoms with Gasteiger partial charge in [-0.3, -0.25) is 9.59 Å². The van der Waals surface area contributed by atoms with Crippen LogP contribution in [0.25, 0.3) is 0 Å². The van der Waals surface area contributed by atoms with E-state index in [4.69, 9.17) is 9.47 Å². The maximum absolute atomic E-state index is 12.2. The molecule has 168 valence electrons. The zero-order chi connectivity index (χ0) is 22.5. The van der Waals surface area contributed by atoms with Crippen molar-refractivity contribution in [1.82, 2.24) is 0 Å². The summed E-state index contributed by atoms with van der Waals surface area (Å²) in [5.74, 6) is 6.94. The highest BCUT2D eigenvalue weighted by molar-refractivity contribution is 5.99. The Bertz CT molecular complexity index is 811. The van der Waals surface area contributed by atoms with E-state index in [1.54, 1.807) is 6.92 Å². The standard InChI is InChI=1S/C26H34O5/c1-3-30-25(28)16-10-5-4-9-15-23-21(17-18-24(23)27)12-11-19-26(2,29)20-31-22-13-7-6-8-14-22/h6-8,13-14,29H,3-5,9-10,15-20H2,1-2H3. The lowest BCUT2D eigenvalue weighted by molar-refractivity contribution is -0.143. The number of unbranched alkanes of at least 4 members (excludes halogenated alkanes) is 3. The summed E-state index contributed by atoms with van der Waals surface area (Å²) in [4.78, 5) is 23.6. The van der Waals surface area contributed by atoms with Crippen molar-refractivity contribution in [3.63, 3.8) is 0 Å². The van der Waals surface area contributed by atoms with Crippen LogP contribution in [0.1, 0.15) is 71.6 Å². The van der Waals surface area contributed by atoms with Gasteiger partial charge in [0.15, 0.2) is 5.78 Å². The maximum atomic E-state index is 12.2. The molecular weight excluding hydrogens is 392 g/mol. The number of Topliss-reactive ketones (excluding diaryl/α,β-unsaturated/α-hetero) is 1. The van der Waals surface area contributed by atoms with E-state index in [9.17, 15) is 14.7 Å². The molecule has 1 aromatic rings. The summed E-state index contributed by atoms with van der Waals surface area (Å²) in [5.41, 5.74) is 0.694. The number of allylic oxidation sites excluding steroid dienone is 2. The van der Waals surface area contributed by atoms with E-state index in [-0.39, 0.29) is 24.8 Å². The van der Waals surface area contributed by atoms with Crippen LogP contribution >= 0.6 is 0 Å². The van der Waals surface area contributed by atoms with Crippen molar-refractivity contribution >= 4 is 11.8 Å². The zero-order valence-corrected chi connectivity index (χ0v) is 18.7. The van der Waals surface area contributed by atoms with Gasteiger partial charge in [0.25, 0.3) is 0 Å². The van der Waals surface area contributed by atoms with E-state index in [0.29, 0.717) is 31.6 Å². The van der Waals surface area contributed by atoms with Crippen molar-refractivity contribution in [1.29, 1.82) is 0 Å². The lowest BCUT2D eigenvalue weighted by atomic mass is 10.0. The number of rotatable bonds is 12. The SMILES string of the molecule is CCOC(=O)CCCCCCC1=C(C#CCC(C)(O)COc2ccccc2)CCC1=O. The number of esters is 1. The number of carbonyl (C=O) groups is 2. The minimum absolute atomic E-state index is 0.140. The molecule has 0 fully saturated rings. The van der Waals surface area contributed by atoms with Gasteiger partial charge in [-0.15, -0.1) is 0 Å². The number of ether oxygens (including phenoxy) is 2. The third-order valence-corrected chi connectivity index (χ3v) is 5.17. The summed E-state index contributed by atoms with van der Waals surface area (Å²) in [7, 11) is 0.